The molecule has 7 heteroatoms. The Kier molecular flexibility index (Phi) is 3.72. The Morgan fingerprint density at radius 1 is 1.05 bits per heavy atom. The summed E-state index contributed by atoms with van der Waals surface area (Å²) in [6.45, 7) is 1.89. The van der Waals surface area contributed by atoms with Gasteiger partial charge in [0.1, 0.15) is 6.33 Å². The van der Waals surface area contributed by atoms with E-state index < -0.39 is 10.0 Å². The molecule has 0 saturated carbocycles. The van der Waals surface area contributed by atoms with Gasteiger partial charge in [-0.2, -0.15) is 0 Å². The first-order valence-corrected chi connectivity index (χ1v) is 8.31. The fraction of sp³-hybridized carbons (Fsp3) is 0.0667. The summed E-state index contributed by atoms with van der Waals surface area (Å²) in [5.41, 5.74) is 1.60. The fourth-order valence-corrected chi connectivity index (χ4v) is 3.22. The van der Waals surface area contributed by atoms with Crippen LogP contribution < -0.4 is 4.72 Å². The molecule has 22 heavy (non-hydrogen) atoms. The van der Waals surface area contributed by atoms with E-state index in [1.807, 2.05) is 6.92 Å². The highest BCUT2D eigenvalue weighted by atomic mass is 35.5. The number of benzene rings is 2. The van der Waals surface area contributed by atoms with Crippen molar-refractivity contribution in [2.24, 2.45) is 0 Å². The van der Waals surface area contributed by atoms with Gasteiger partial charge in [0.2, 0.25) is 0 Å². The lowest BCUT2D eigenvalue weighted by Crippen LogP contribution is -2.14. The van der Waals surface area contributed by atoms with Gasteiger partial charge in [0.05, 0.1) is 10.4 Å². The molecule has 112 valence electrons. The SMILES string of the molecule is Cc1ccc(S(=O)(=O)Nc2ncnc3ccc(Cl)cc23)cc1. The summed E-state index contributed by atoms with van der Waals surface area (Å²) in [6, 6.07) is 11.6. The Hall–Kier alpha value is -2.18. The smallest absolute Gasteiger partial charge is 0.263 e. The van der Waals surface area contributed by atoms with Crippen LogP contribution in [0.1, 0.15) is 5.56 Å². The number of sulfonamides is 1. The fourth-order valence-electron chi connectivity index (χ4n) is 2.01. The van der Waals surface area contributed by atoms with Crippen LogP contribution in [-0.4, -0.2) is 18.4 Å². The molecule has 3 rings (SSSR count). The van der Waals surface area contributed by atoms with E-state index in [0.29, 0.717) is 15.9 Å². The van der Waals surface area contributed by atoms with Crippen molar-refractivity contribution in [3.8, 4) is 0 Å². The van der Waals surface area contributed by atoms with Crippen LogP contribution in [-0.2, 0) is 10.0 Å². The zero-order valence-electron chi connectivity index (χ0n) is 11.6. The van der Waals surface area contributed by atoms with Crippen LogP contribution in [0.4, 0.5) is 5.82 Å². The predicted molar refractivity (Wildman–Crippen MR) is 86.5 cm³/mol. The van der Waals surface area contributed by atoms with E-state index in [4.69, 9.17) is 11.6 Å². The van der Waals surface area contributed by atoms with Gasteiger partial charge in [-0.3, -0.25) is 4.72 Å². The molecule has 5 nitrogen and oxygen atoms in total. The van der Waals surface area contributed by atoms with Crippen molar-refractivity contribution < 1.29 is 8.42 Å². The number of anilines is 1. The lowest BCUT2D eigenvalue weighted by molar-refractivity contribution is 0.601. The van der Waals surface area contributed by atoms with Gasteiger partial charge in [0, 0.05) is 10.4 Å². The highest BCUT2D eigenvalue weighted by Crippen LogP contribution is 2.25. The van der Waals surface area contributed by atoms with Crippen molar-refractivity contribution >= 4 is 38.3 Å². The number of aromatic nitrogens is 2. The third-order valence-electron chi connectivity index (χ3n) is 3.16. The minimum Gasteiger partial charge on any atom is -0.263 e. The van der Waals surface area contributed by atoms with Gasteiger partial charge in [-0.15, -0.1) is 0 Å². The molecule has 0 bridgehead atoms. The van der Waals surface area contributed by atoms with Crippen molar-refractivity contribution in [2.45, 2.75) is 11.8 Å². The Morgan fingerprint density at radius 2 is 1.77 bits per heavy atom. The van der Waals surface area contributed by atoms with E-state index in [2.05, 4.69) is 14.7 Å². The highest BCUT2D eigenvalue weighted by molar-refractivity contribution is 7.92. The van der Waals surface area contributed by atoms with Gasteiger partial charge >= 0.3 is 0 Å². The van der Waals surface area contributed by atoms with E-state index in [-0.39, 0.29) is 10.7 Å². The normalized spacial score (nSPS) is 11.5. The number of nitrogens with zero attached hydrogens (tertiary/aromatic N) is 2. The van der Waals surface area contributed by atoms with Gasteiger partial charge in [-0.1, -0.05) is 29.3 Å². The van der Waals surface area contributed by atoms with Gasteiger partial charge in [0.15, 0.2) is 5.82 Å². The minimum absolute atomic E-state index is 0.173. The Morgan fingerprint density at radius 3 is 2.50 bits per heavy atom. The third-order valence-corrected chi connectivity index (χ3v) is 4.75. The van der Waals surface area contributed by atoms with Gasteiger partial charge in [0.25, 0.3) is 10.0 Å². The highest BCUT2D eigenvalue weighted by Gasteiger charge is 2.16. The Bertz CT molecular complexity index is 941. The van der Waals surface area contributed by atoms with Crippen molar-refractivity contribution in [3.63, 3.8) is 0 Å². The number of hydrogen-bond acceptors (Lipinski definition) is 4. The van der Waals surface area contributed by atoms with E-state index in [0.717, 1.165) is 5.56 Å². The maximum Gasteiger partial charge on any atom is 0.263 e. The van der Waals surface area contributed by atoms with Crippen molar-refractivity contribution in [1.82, 2.24) is 9.97 Å². The Labute approximate surface area is 133 Å². The van der Waals surface area contributed by atoms with E-state index in [9.17, 15) is 8.42 Å². The summed E-state index contributed by atoms with van der Waals surface area (Å²) in [4.78, 5) is 8.28. The molecule has 1 N–H and O–H groups in total. The molecule has 0 fully saturated rings. The van der Waals surface area contributed by atoms with Crippen molar-refractivity contribution in [1.29, 1.82) is 0 Å². The molecule has 3 aromatic rings. The molecule has 0 atom stereocenters. The molecule has 0 unspecified atom stereocenters. The molecule has 1 aromatic heterocycles. The zero-order valence-corrected chi connectivity index (χ0v) is 13.2. The van der Waals surface area contributed by atoms with Crippen molar-refractivity contribution in [3.05, 3.63) is 59.4 Å². The monoisotopic (exact) mass is 333 g/mol. The van der Waals surface area contributed by atoms with Gasteiger partial charge in [-0.25, -0.2) is 18.4 Å². The largest absolute Gasteiger partial charge is 0.263 e. The molecule has 0 radical (unpaired) electrons. The molecule has 0 aliphatic heterocycles. The molecular weight excluding hydrogens is 322 g/mol. The molecular formula is C15H12ClN3O2S. The van der Waals surface area contributed by atoms with Gasteiger partial charge < -0.3 is 0 Å². The lowest BCUT2D eigenvalue weighted by atomic mass is 10.2. The third kappa shape index (κ3) is 2.88. The van der Waals surface area contributed by atoms with Crippen LogP contribution in [0.25, 0.3) is 10.9 Å². The first kappa shape index (κ1) is 14.7. The number of nitrogens with one attached hydrogen (secondary N) is 1. The number of halogens is 1. The Balaban J connectivity index is 2.06. The number of rotatable bonds is 3. The summed E-state index contributed by atoms with van der Waals surface area (Å²) in [7, 11) is -3.72. The predicted octanol–water partition coefficient (Wildman–Crippen LogP) is 3.39. The summed E-state index contributed by atoms with van der Waals surface area (Å²) in [5, 5.41) is 1.03. The molecule has 0 spiro atoms. The summed E-state index contributed by atoms with van der Waals surface area (Å²) < 4.78 is 27.4. The van der Waals surface area contributed by atoms with Crippen LogP contribution in [0, 0.1) is 6.92 Å². The minimum atomic E-state index is -3.72. The van der Waals surface area contributed by atoms with Crippen LogP contribution in [0.15, 0.2) is 53.7 Å². The molecule has 0 aliphatic carbocycles. The second-order valence-corrected chi connectivity index (χ2v) is 6.92. The first-order valence-electron chi connectivity index (χ1n) is 6.45. The molecule has 1 heterocycles. The quantitative estimate of drug-likeness (QED) is 0.797. The van der Waals surface area contributed by atoms with E-state index in [1.54, 1.807) is 42.5 Å². The zero-order chi connectivity index (χ0) is 15.7. The number of hydrogen-bond donors (Lipinski definition) is 1. The molecule has 0 saturated heterocycles. The summed E-state index contributed by atoms with van der Waals surface area (Å²) in [6.07, 6.45) is 1.31. The van der Waals surface area contributed by atoms with E-state index >= 15 is 0 Å². The topological polar surface area (TPSA) is 72.0 Å². The second-order valence-electron chi connectivity index (χ2n) is 4.80. The molecule has 2 aromatic carbocycles. The van der Waals surface area contributed by atoms with Crippen LogP contribution in [0.5, 0.6) is 0 Å². The van der Waals surface area contributed by atoms with Gasteiger partial charge in [-0.05, 0) is 37.3 Å². The summed E-state index contributed by atoms with van der Waals surface area (Å²) >= 11 is 5.96. The average molecular weight is 334 g/mol. The maximum atomic E-state index is 12.4. The standard InChI is InChI=1S/C15H12ClN3O2S/c1-10-2-5-12(6-3-10)22(20,21)19-15-13-8-11(16)4-7-14(13)17-9-18-15/h2-9H,1H3,(H,17,18,19). The number of fused-ring (bicyclic) bond motifs is 1. The maximum absolute atomic E-state index is 12.4. The van der Waals surface area contributed by atoms with Crippen LogP contribution in [0.2, 0.25) is 5.02 Å². The second kappa shape index (κ2) is 5.55. The lowest BCUT2D eigenvalue weighted by Gasteiger charge is -2.09. The van der Waals surface area contributed by atoms with Crippen LogP contribution >= 0.6 is 11.6 Å². The molecule has 0 aliphatic rings. The summed E-state index contributed by atoms with van der Waals surface area (Å²) in [5.74, 6) is 0.202. The van der Waals surface area contributed by atoms with Crippen molar-refractivity contribution in [2.75, 3.05) is 4.72 Å². The van der Waals surface area contributed by atoms with Crippen LogP contribution in [0.3, 0.4) is 0 Å². The molecule has 0 amide bonds. The van der Waals surface area contributed by atoms with E-state index in [1.165, 1.54) is 6.33 Å². The first-order chi connectivity index (χ1) is 10.5. The average Bonchev–Trinajstić information content (AvgIpc) is 2.48. The number of aryl methyl sites for hydroxylation is 1.